The Balaban J connectivity index is 1.70. The average molecular weight is 356 g/mol. The lowest BCUT2D eigenvalue weighted by Crippen LogP contribution is -2.43. The number of nitrogens with one attached hydrogen (secondary N) is 2. The molecular weight excluding hydrogens is 332 g/mol. The molecule has 0 unspecified atom stereocenters. The number of amides is 2. The number of hydrazine groups is 1. The van der Waals surface area contributed by atoms with Crippen LogP contribution in [0.2, 0.25) is 0 Å². The zero-order valence-electron chi connectivity index (χ0n) is 15.3. The highest BCUT2D eigenvalue weighted by Gasteiger charge is 2.07. The van der Waals surface area contributed by atoms with E-state index in [1.54, 1.807) is 7.11 Å². The summed E-state index contributed by atoms with van der Waals surface area (Å²) in [7, 11) is 1.60. The van der Waals surface area contributed by atoms with E-state index in [0.29, 0.717) is 12.2 Å². The minimum Gasteiger partial charge on any atom is -0.497 e. The molecule has 6 nitrogen and oxygen atoms in total. The molecule has 0 atom stereocenters. The van der Waals surface area contributed by atoms with Crippen molar-refractivity contribution in [2.75, 3.05) is 13.7 Å². The van der Waals surface area contributed by atoms with Gasteiger partial charge in [0, 0.05) is 6.42 Å². The summed E-state index contributed by atoms with van der Waals surface area (Å²) in [5, 5.41) is 0. The van der Waals surface area contributed by atoms with Crippen molar-refractivity contribution >= 4 is 11.8 Å². The van der Waals surface area contributed by atoms with E-state index in [9.17, 15) is 9.59 Å². The van der Waals surface area contributed by atoms with Crippen LogP contribution < -0.4 is 20.3 Å². The Morgan fingerprint density at radius 2 is 1.62 bits per heavy atom. The lowest BCUT2D eigenvalue weighted by molar-refractivity contribution is -0.130. The molecule has 0 aromatic heterocycles. The third kappa shape index (κ3) is 6.47. The van der Waals surface area contributed by atoms with Crippen molar-refractivity contribution in [3.63, 3.8) is 0 Å². The standard InChI is InChI=1S/C20H24N2O4/c1-14-9-15(2)11-18(10-14)26-13-20(24)22-21-19(23)8-7-16-5-4-6-17(12-16)25-3/h4-6,9-12H,7-8,13H2,1-3H3,(H,21,23)(H,22,24). The van der Waals surface area contributed by atoms with Crippen molar-refractivity contribution in [1.82, 2.24) is 10.9 Å². The predicted octanol–water partition coefficient (Wildman–Crippen LogP) is 2.47. The summed E-state index contributed by atoms with van der Waals surface area (Å²) < 4.78 is 10.6. The normalized spacial score (nSPS) is 10.1. The van der Waals surface area contributed by atoms with Gasteiger partial charge in [0.15, 0.2) is 6.61 Å². The Morgan fingerprint density at radius 3 is 2.31 bits per heavy atom. The van der Waals surface area contributed by atoms with Gasteiger partial charge in [-0.2, -0.15) is 0 Å². The molecule has 0 radical (unpaired) electrons. The fraction of sp³-hybridized carbons (Fsp3) is 0.300. The third-order valence-electron chi connectivity index (χ3n) is 3.68. The Morgan fingerprint density at radius 1 is 0.923 bits per heavy atom. The van der Waals surface area contributed by atoms with E-state index in [0.717, 1.165) is 22.4 Å². The summed E-state index contributed by atoms with van der Waals surface area (Å²) in [5.74, 6) is 0.688. The highest BCUT2D eigenvalue weighted by molar-refractivity contribution is 5.82. The summed E-state index contributed by atoms with van der Waals surface area (Å²) in [6.07, 6.45) is 0.809. The first-order valence-electron chi connectivity index (χ1n) is 8.38. The number of carbonyl (C=O) groups excluding carboxylic acids is 2. The van der Waals surface area contributed by atoms with E-state index in [4.69, 9.17) is 9.47 Å². The van der Waals surface area contributed by atoms with E-state index in [-0.39, 0.29) is 18.9 Å². The zero-order valence-corrected chi connectivity index (χ0v) is 15.3. The number of aryl methyl sites for hydroxylation is 3. The predicted molar refractivity (Wildman–Crippen MR) is 99.0 cm³/mol. The van der Waals surface area contributed by atoms with Crippen LogP contribution in [-0.2, 0) is 16.0 Å². The number of carbonyl (C=O) groups is 2. The monoisotopic (exact) mass is 356 g/mol. The molecule has 6 heteroatoms. The van der Waals surface area contributed by atoms with Gasteiger partial charge >= 0.3 is 0 Å². The molecule has 138 valence electrons. The second-order valence-corrected chi connectivity index (χ2v) is 6.06. The smallest absolute Gasteiger partial charge is 0.276 e. The first-order chi connectivity index (χ1) is 12.5. The van der Waals surface area contributed by atoms with Gasteiger partial charge in [-0.1, -0.05) is 18.2 Å². The number of rotatable bonds is 7. The van der Waals surface area contributed by atoms with Crippen LogP contribution >= 0.6 is 0 Å². The highest BCUT2D eigenvalue weighted by Crippen LogP contribution is 2.16. The van der Waals surface area contributed by atoms with E-state index < -0.39 is 5.91 Å². The van der Waals surface area contributed by atoms with Crippen molar-refractivity contribution in [1.29, 1.82) is 0 Å². The van der Waals surface area contributed by atoms with Crippen LogP contribution in [0.15, 0.2) is 42.5 Å². The summed E-state index contributed by atoms with van der Waals surface area (Å²) >= 11 is 0. The molecule has 0 aliphatic carbocycles. The molecule has 2 amide bonds. The molecule has 0 spiro atoms. The Bertz CT molecular complexity index is 754. The van der Waals surface area contributed by atoms with Crippen LogP contribution in [0.5, 0.6) is 11.5 Å². The van der Waals surface area contributed by atoms with Crippen LogP contribution in [0.25, 0.3) is 0 Å². The SMILES string of the molecule is COc1cccc(CCC(=O)NNC(=O)COc2cc(C)cc(C)c2)c1. The summed E-state index contributed by atoms with van der Waals surface area (Å²) in [6.45, 7) is 3.75. The number of methoxy groups -OCH3 is 1. The van der Waals surface area contributed by atoms with Crippen LogP contribution in [-0.4, -0.2) is 25.5 Å². The van der Waals surface area contributed by atoms with Crippen molar-refractivity contribution in [3.8, 4) is 11.5 Å². The maximum absolute atomic E-state index is 11.8. The number of hydrogen-bond acceptors (Lipinski definition) is 4. The first kappa shape index (κ1) is 19.3. The average Bonchev–Trinajstić information content (AvgIpc) is 2.62. The van der Waals surface area contributed by atoms with Gasteiger partial charge in [0.1, 0.15) is 11.5 Å². The lowest BCUT2D eigenvalue weighted by atomic mass is 10.1. The van der Waals surface area contributed by atoms with Crippen molar-refractivity contribution in [2.24, 2.45) is 0 Å². The molecular formula is C20H24N2O4. The molecule has 2 aromatic rings. The molecule has 2 aromatic carbocycles. The summed E-state index contributed by atoms with van der Waals surface area (Å²) in [5.41, 5.74) is 7.86. The van der Waals surface area contributed by atoms with Gasteiger partial charge < -0.3 is 9.47 Å². The largest absolute Gasteiger partial charge is 0.497 e. The van der Waals surface area contributed by atoms with Gasteiger partial charge in [-0.15, -0.1) is 0 Å². The first-order valence-corrected chi connectivity index (χ1v) is 8.38. The number of ether oxygens (including phenoxy) is 2. The Kier molecular flexibility index (Phi) is 7.02. The summed E-state index contributed by atoms with van der Waals surface area (Å²) in [6, 6.07) is 13.3. The molecule has 0 heterocycles. The minimum atomic E-state index is -0.418. The molecule has 0 saturated heterocycles. The van der Waals surface area contributed by atoms with Gasteiger partial charge in [-0.05, 0) is 61.2 Å². The maximum Gasteiger partial charge on any atom is 0.276 e. The summed E-state index contributed by atoms with van der Waals surface area (Å²) in [4.78, 5) is 23.6. The molecule has 0 saturated carbocycles. The maximum atomic E-state index is 11.8. The third-order valence-corrected chi connectivity index (χ3v) is 3.68. The molecule has 0 fully saturated rings. The van der Waals surface area contributed by atoms with E-state index in [2.05, 4.69) is 10.9 Å². The van der Waals surface area contributed by atoms with Crippen LogP contribution in [0.4, 0.5) is 0 Å². The second-order valence-electron chi connectivity index (χ2n) is 6.06. The molecule has 0 aliphatic rings. The van der Waals surface area contributed by atoms with Gasteiger partial charge in [0.05, 0.1) is 7.11 Å². The van der Waals surface area contributed by atoms with E-state index in [1.807, 2.05) is 56.3 Å². The van der Waals surface area contributed by atoms with Crippen molar-refractivity contribution in [3.05, 3.63) is 59.2 Å². The van der Waals surface area contributed by atoms with Crippen molar-refractivity contribution in [2.45, 2.75) is 26.7 Å². The molecule has 0 aliphatic heterocycles. The Labute approximate surface area is 153 Å². The van der Waals surface area contributed by atoms with E-state index in [1.165, 1.54) is 0 Å². The van der Waals surface area contributed by atoms with Gasteiger partial charge in [-0.3, -0.25) is 20.4 Å². The van der Waals surface area contributed by atoms with E-state index >= 15 is 0 Å². The second kappa shape index (κ2) is 9.46. The van der Waals surface area contributed by atoms with Gasteiger partial charge in [0.2, 0.25) is 5.91 Å². The quantitative estimate of drug-likeness (QED) is 0.747. The van der Waals surface area contributed by atoms with Crippen molar-refractivity contribution < 1.29 is 19.1 Å². The van der Waals surface area contributed by atoms with Crippen LogP contribution in [0.1, 0.15) is 23.1 Å². The van der Waals surface area contributed by atoms with Crippen LogP contribution in [0, 0.1) is 13.8 Å². The number of hydrogen-bond donors (Lipinski definition) is 2. The number of benzene rings is 2. The molecule has 0 bridgehead atoms. The van der Waals surface area contributed by atoms with Gasteiger partial charge in [-0.25, -0.2) is 0 Å². The molecule has 26 heavy (non-hydrogen) atoms. The Hall–Kier alpha value is -3.02. The van der Waals surface area contributed by atoms with Gasteiger partial charge in [0.25, 0.3) is 5.91 Å². The topological polar surface area (TPSA) is 76.7 Å². The lowest BCUT2D eigenvalue weighted by Gasteiger charge is -2.10. The minimum absolute atomic E-state index is 0.168. The zero-order chi connectivity index (χ0) is 18.9. The molecule has 2 rings (SSSR count). The van der Waals surface area contributed by atoms with Crippen LogP contribution in [0.3, 0.4) is 0 Å². The highest BCUT2D eigenvalue weighted by atomic mass is 16.5. The molecule has 2 N–H and O–H groups in total. The fourth-order valence-electron chi connectivity index (χ4n) is 2.49. The fourth-order valence-corrected chi connectivity index (χ4v) is 2.49.